The molecule has 37 heavy (non-hydrogen) atoms. The van der Waals surface area contributed by atoms with Gasteiger partial charge in [-0.1, -0.05) is 54.6 Å². The normalized spacial score (nSPS) is 14.3. The molecule has 0 aliphatic carbocycles. The number of esters is 1. The number of alkyl halides is 1. The molecule has 2 aliphatic heterocycles. The number of carbonyl (C=O) groups excluding carboxylic acids is 1. The Kier molecular flexibility index (Phi) is 5.60. The van der Waals surface area contributed by atoms with Crippen molar-refractivity contribution < 1.29 is 18.7 Å². The van der Waals surface area contributed by atoms with Gasteiger partial charge in [0.2, 0.25) is 0 Å². The van der Waals surface area contributed by atoms with Gasteiger partial charge in [-0.2, -0.15) is 0 Å². The van der Waals surface area contributed by atoms with Crippen LogP contribution in [0.5, 0.6) is 11.5 Å². The molecular weight excluding hydrogens is 467 g/mol. The zero-order chi connectivity index (χ0) is 25.6. The molecule has 5 nitrogen and oxygen atoms in total. The Hall–Kier alpha value is -4.32. The average molecular weight is 495 g/mol. The van der Waals surface area contributed by atoms with E-state index in [9.17, 15) is 9.18 Å². The van der Waals surface area contributed by atoms with Crippen LogP contribution >= 0.6 is 0 Å². The van der Waals surface area contributed by atoms with Gasteiger partial charge < -0.3 is 19.3 Å². The highest BCUT2D eigenvalue weighted by atomic mass is 19.1. The number of ether oxygens (including phenoxy) is 2. The van der Waals surface area contributed by atoms with Crippen molar-refractivity contribution in [1.82, 2.24) is 0 Å². The summed E-state index contributed by atoms with van der Waals surface area (Å²) < 4.78 is 27.4. The quantitative estimate of drug-likeness (QED) is 0.210. The van der Waals surface area contributed by atoms with Crippen molar-refractivity contribution in [3.05, 3.63) is 113 Å². The molecule has 4 aromatic carbocycles. The van der Waals surface area contributed by atoms with Gasteiger partial charge in [0.15, 0.2) is 12.4 Å². The molecule has 0 amide bonds. The molecular formula is C31H27FN2O3. The van der Waals surface area contributed by atoms with Crippen LogP contribution in [0.3, 0.4) is 0 Å². The molecule has 2 aliphatic rings. The largest absolute Gasteiger partial charge is 0.456 e. The van der Waals surface area contributed by atoms with E-state index in [0.717, 1.165) is 29.9 Å². The highest BCUT2D eigenvalue weighted by molar-refractivity contribution is 6.04. The van der Waals surface area contributed by atoms with Crippen LogP contribution in [0, 0.1) is 0 Å². The number of halogens is 1. The summed E-state index contributed by atoms with van der Waals surface area (Å²) in [6, 6.07) is 28.5. The SMILES string of the molecule is CCN(CC)c1cc(N(CF)c2ccccc2)c2c(c1)C1(OC2=O)c2ccccc2Oc2ccccc21. The summed E-state index contributed by atoms with van der Waals surface area (Å²) in [6.45, 7) is 4.88. The van der Waals surface area contributed by atoms with Crippen molar-refractivity contribution in [2.45, 2.75) is 19.4 Å². The summed E-state index contributed by atoms with van der Waals surface area (Å²) in [5, 5.41) is 0. The maximum atomic E-state index is 14.8. The van der Waals surface area contributed by atoms with E-state index in [-0.39, 0.29) is 0 Å². The Morgan fingerprint density at radius 3 is 1.95 bits per heavy atom. The number of benzene rings is 4. The first-order valence-electron chi connectivity index (χ1n) is 12.5. The second-order valence-electron chi connectivity index (χ2n) is 9.11. The lowest BCUT2D eigenvalue weighted by Gasteiger charge is -2.37. The molecule has 0 bridgehead atoms. The summed E-state index contributed by atoms with van der Waals surface area (Å²) in [5.41, 5.74) is 3.37. The second-order valence-corrected chi connectivity index (χ2v) is 9.11. The molecule has 4 aromatic rings. The third-order valence-corrected chi connectivity index (χ3v) is 7.29. The van der Waals surface area contributed by atoms with Crippen molar-refractivity contribution in [3.8, 4) is 11.5 Å². The number of fused-ring (bicyclic) bond motifs is 6. The van der Waals surface area contributed by atoms with Gasteiger partial charge in [-0.05, 0) is 50.2 Å². The van der Waals surface area contributed by atoms with E-state index in [2.05, 4.69) is 18.7 Å². The molecule has 0 aromatic heterocycles. The van der Waals surface area contributed by atoms with Crippen LogP contribution < -0.4 is 14.5 Å². The molecule has 2 heterocycles. The van der Waals surface area contributed by atoms with Gasteiger partial charge in [0.1, 0.15) is 11.5 Å². The fourth-order valence-corrected chi connectivity index (χ4v) is 5.57. The highest BCUT2D eigenvalue weighted by Gasteiger charge is 2.54. The minimum absolute atomic E-state index is 0.365. The minimum atomic E-state index is -1.21. The first-order valence-corrected chi connectivity index (χ1v) is 12.5. The zero-order valence-corrected chi connectivity index (χ0v) is 20.8. The Balaban J connectivity index is 1.70. The van der Waals surface area contributed by atoms with Gasteiger partial charge >= 0.3 is 5.97 Å². The van der Waals surface area contributed by atoms with Gasteiger partial charge in [0, 0.05) is 41.2 Å². The smallest absolute Gasteiger partial charge is 0.342 e. The summed E-state index contributed by atoms with van der Waals surface area (Å²) >= 11 is 0. The van der Waals surface area contributed by atoms with Crippen LogP contribution in [-0.2, 0) is 10.3 Å². The van der Waals surface area contributed by atoms with Crippen LogP contribution in [0.2, 0.25) is 0 Å². The standard InChI is InChI=1S/C31H27FN2O3/c1-3-33(4-2)22-18-25-29(26(19-22)34(20-32)21-12-6-5-7-13-21)30(35)37-31(25)23-14-8-10-16-27(23)36-28-17-11-9-15-24(28)31/h5-19H,3-4,20H2,1-2H3. The molecule has 0 fully saturated rings. The zero-order valence-electron chi connectivity index (χ0n) is 20.8. The molecule has 0 atom stereocenters. The van der Waals surface area contributed by atoms with Gasteiger partial charge in [0.25, 0.3) is 0 Å². The van der Waals surface area contributed by atoms with Crippen LogP contribution in [0.1, 0.15) is 40.9 Å². The van der Waals surface area contributed by atoms with Crippen LogP contribution in [0.4, 0.5) is 21.5 Å². The van der Waals surface area contributed by atoms with Crippen LogP contribution in [0.25, 0.3) is 0 Å². The van der Waals surface area contributed by atoms with Crippen molar-refractivity contribution in [2.75, 3.05) is 29.7 Å². The lowest BCUT2D eigenvalue weighted by Crippen LogP contribution is -2.33. The molecule has 0 N–H and O–H groups in total. The van der Waals surface area contributed by atoms with E-state index in [1.54, 1.807) is 0 Å². The molecule has 1 spiro atoms. The van der Waals surface area contributed by atoms with E-state index in [1.807, 2.05) is 91.0 Å². The number of anilines is 3. The summed E-state index contributed by atoms with van der Waals surface area (Å²) in [4.78, 5) is 17.5. The fraction of sp³-hybridized carbons (Fsp3) is 0.194. The van der Waals surface area contributed by atoms with Crippen LogP contribution in [0.15, 0.2) is 91.0 Å². The van der Waals surface area contributed by atoms with Crippen molar-refractivity contribution >= 4 is 23.0 Å². The van der Waals surface area contributed by atoms with E-state index < -0.39 is 18.4 Å². The van der Waals surface area contributed by atoms with Crippen molar-refractivity contribution in [3.63, 3.8) is 0 Å². The number of rotatable bonds is 6. The first-order chi connectivity index (χ1) is 18.1. The summed E-state index contributed by atoms with van der Waals surface area (Å²) in [6.07, 6.45) is 0. The lowest BCUT2D eigenvalue weighted by atomic mass is 9.77. The van der Waals surface area contributed by atoms with Gasteiger partial charge in [-0.25, -0.2) is 9.18 Å². The first kappa shape index (κ1) is 23.1. The topological polar surface area (TPSA) is 42.0 Å². The summed E-state index contributed by atoms with van der Waals surface area (Å²) in [7, 11) is 0. The molecule has 186 valence electrons. The minimum Gasteiger partial charge on any atom is -0.456 e. The van der Waals surface area contributed by atoms with E-state index in [0.29, 0.717) is 34.0 Å². The average Bonchev–Trinajstić information content (AvgIpc) is 3.23. The fourth-order valence-electron chi connectivity index (χ4n) is 5.57. The number of nitrogens with zero attached hydrogens (tertiary/aromatic N) is 2. The summed E-state index contributed by atoms with van der Waals surface area (Å²) in [5.74, 6) is 0.765. The second kappa shape index (κ2) is 8.96. The predicted octanol–water partition coefficient (Wildman–Crippen LogP) is 7.17. The number of carbonyl (C=O) groups is 1. The predicted molar refractivity (Wildman–Crippen MR) is 143 cm³/mol. The van der Waals surface area contributed by atoms with Crippen molar-refractivity contribution in [2.24, 2.45) is 0 Å². The lowest BCUT2D eigenvalue weighted by molar-refractivity contribution is 0.0225. The monoisotopic (exact) mass is 494 g/mol. The molecule has 6 rings (SSSR count). The third-order valence-electron chi connectivity index (χ3n) is 7.29. The number of hydrogen-bond acceptors (Lipinski definition) is 5. The Morgan fingerprint density at radius 2 is 1.35 bits per heavy atom. The number of hydrogen-bond donors (Lipinski definition) is 0. The molecule has 0 unspecified atom stereocenters. The molecule has 0 radical (unpaired) electrons. The molecule has 0 saturated carbocycles. The molecule has 0 saturated heterocycles. The Bertz CT molecular complexity index is 1440. The van der Waals surface area contributed by atoms with Gasteiger partial charge in [-0.15, -0.1) is 0 Å². The third kappa shape index (κ3) is 3.39. The number of para-hydroxylation sites is 3. The maximum absolute atomic E-state index is 14.8. The van der Waals surface area contributed by atoms with E-state index in [4.69, 9.17) is 9.47 Å². The van der Waals surface area contributed by atoms with E-state index in [1.165, 1.54) is 4.90 Å². The van der Waals surface area contributed by atoms with Crippen LogP contribution in [-0.4, -0.2) is 25.9 Å². The van der Waals surface area contributed by atoms with Gasteiger partial charge in [0.05, 0.1) is 11.3 Å². The Labute approximate surface area is 215 Å². The van der Waals surface area contributed by atoms with Gasteiger partial charge in [-0.3, -0.25) is 0 Å². The Morgan fingerprint density at radius 1 is 0.757 bits per heavy atom. The highest BCUT2D eigenvalue weighted by Crippen LogP contribution is 2.58. The maximum Gasteiger partial charge on any atom is 0.342 e. The molecule has 6 heteroatoms. The van der Waals surface area contributed by atoms with E-state index >= 15 is 0 Å². The van der Waals surface area contributed by atoms with Crippen molar-refractivity contribution in [1.29, 1.82) is 0 Å².